The second-order valence-corrected chi connectivity index (χ2v) is 4.56. The molecule has 1 aliphatic heterocycles. The van der Waals surface area contributed by atoms with E-state index in [1.54, 1.807) is 0 Å². The molecule has 0 radical (unpaired) electrons. The highest BCUT2D eigenvalue weighted by atomic mass is 15.2. The van der Waals surface area contributed by atoms with Crippen LogP contribution in [0.2, 0.25) is 0 Å². The van der Waals surface area contributed by atoms with E-state index < -0.39 is 0 Å². The van der Waals surface area contributed by atoms with E-state index in [0.29, 0.717) is 6.54 Å². The maximum atomic E-state index is 5.77. The van der Waals surface area contributed by atoms with Gasteiger partial charge in [0.25, 0.3) is 0 Å². The van der Waals surface area contributed by atoms with E-state index in [1.807, 2.05) is 6.07 Å². The molecule has 1 aliphatic rings. The Bertz CT molecular complexity index is 530. The molecule has 0 aliphatic carbocycles. The van der Waals surface area contributed by atoms with Gasteiger partial charge in [0.15, 0.2) is 0 Å². The van der Waals surface area contributed by atoms with Crippen molar-refractivity contribution in [2.45, 2.75) is 19.4 Å². The molecule has 0 saturated carbocycles. The molecule has 1 aromatic heterocycles. The Hall–Kier alpha value is -1.61. The molecule has 0 atom stereocenters. The zero-order valence-corrected chi connectivity index (χ0v) is 9.89. The normalized spacial score (nSPS) is 15.7. The summed E-state index contributed by atoms with van der Waals surface area (Å²) in [6, 6.07) is 10.5. The molecule has 88 valence electrons. The van der Waals surface area contributed by atoms with Crippen LogP contribution in [0.25, 0.3) is 10.9 Å². The second-order valence-electron chi connectivity index (χ2n) is 4.56. The molecule has 2 heterocycles. The lowest BCUT2D eigenvalue weighted by molar-refractivity contribution is 0.942. The van der Waals surface area contributed by atoms with Crippen LogP contribution in [0.5, 0.6) is 0 Å². The average molecular weight is 227 g/mol. The minimum absolute atomic E-state index is 0.549. The number of benzene rings is 1. The third kappa shape index (κ3) is 1.87. The highest BCUT2D eigenvalue weighted by Crippen LogP contribution is 2.23. The zero-order valence-electron chi connectivity index (χ0n) is 9.89. The molecule has 3 rings (SSSR count). The van der Waals surface area contributed by atoms with Crippen molar-refractivity contribution in [1.29, 1.82) is 0 Å². The SMILES string of the molecule is NCc1cccc2ccc(N3CCCC3)nc12. The summed E-state index contributed by atoms with van der Waals surface area (Å²) in [6.45, 7) is 2.81. The summed E-state index contributed by atoms with van der Waals surface area (Å²) in [5, 5.41) is 1.18. The first-order valence-corrected chi connectivity index (χ1v) is 6.22. The van der Waals surface area contributed by atoms with Crippen LogP contribution >= 0.6 is 0 Å². The maximum Gasteiger partial charge on any atom is 0.129 e. The lowest BCUT2D eigenvalue weighted by Gasteiger charge is -2.17. The molecule has 17 heavy (non-hydrogen) atoms. The van der Waals surface area contributed by atoms with E-state index in [1.165, 1.54) is 18.2 Å². The Labute approximate surface area is 101 Å². The molecule has 0 bridgehead atoms. The summed E-state index contributed by atoms with van der Waals surface area (Å²) in [5.74, 6) is 1.09. The highest BCUT2D eigenvalue weighted by Gasteiger charge is 2.14. The molecular formula is C14H17N3. The van der Waals surface area contributed by atoms with Crippen LogP contribution in [0.15, 0.2) is 30.3 Å². The standard InChI is InChI=1S/C14H17N3/c15-10-12-5-3-4-11-6-7-13(16-14(11)12)17-8-1-2-9-17/h3-7H,1-2,8-10,15H2. The van der Waals surface area contributed by atoms with Gasteiger partial charge < -0.3 is 10.6 Å². The number of para-hydroxylation sites is 1. The zero-order chi connectivity index (χ0) is 11.7. The second kappa shape index (κ2) is 4.34. The van der Waals surface area contributed by atoms with Crippen molar-refractivity contribution >= 4 is 16.7 Å². The van der Waals surface area contributed by atoms with E-state index in [9.17, 15) is 0 Å². The Morgan fingerprint density at radius 2 is 1.94 bits per heavy atom. The van der Waals surface area contributed by atoms with Crippen LogP contribution in [0.1, 0.15) is 18.4 Å². The molecule has 3 nitrogen and oxygen atoms in total. The summed E-state index contributed by atoms with van der Waals surface area (Å²) in [4.78, 5) is 7.13. The van der Waals surface area contributed by atoms with E-state index in [-0.39, 0.29) is 0 Å². The maximum absolute atomic E-state index is 5.77. The first-order valence-electron chi connectivity index (χ1n) is 6.22. The number of nitrogens with two attached hydrogens (primary N) is 1. The van der Waals surface area contributed by atoms with Crippen molar-refractivity contribution in [3.8, 4) is 0 Å². The number of pyridine rings is 1. The van der Waals surface area contributed by atoms with E-state index in [4.69, 9.17) is 10.7 Å². The third-order valence-electron chi connectivity index (χ3n) is 3.44. The monoisotopic (exact) mass is 227 g/mol. The van der Waals surface area contributed by atoms with Gasteiger partial charge in [-0.1, -0.05) is 18.2 Å². The average Bonchev–Trinajstić information content (AvgIpc) is 2.91. The summed E-state index contributed by atoms with van der Waals surface area (Å²) < 4.78 is 0. The van der Waals surface area contributed by atoms with Gasteiger partial charge >= 0.3 is 0 Å². The van der Waals surface area contributed by atoms with Crippen LogP contribution in [-0.2, 0) is 6.54 Å². The first-order chi connectivity index (χ1) is 8.38. The number of aromatic nitrogens is 1. The minimum atomic E-state index is 0.549. The van der Waals surface area contributed by atoms with E-state index in [0.717, 1.165) is 30.0 Å². The highest BCUT2D eigenvalue weighted by molar-refractivity contribution is 5.83. The molecular weight excluding hydrogens is 210 g/mol. The van der Waals surface area contributed by atoms with Gasteiger partial charge in [-0.25, -0.2) is 4.98 Å². The number of hydrogen-bond donors (Lipinski definition) is 1. The molecule has 2 N–H and O–H groups in total. The van der Waals surface area contributed by atoms with Gasteiger partial charge in [-0.15, -0.1) is 0 Å². The minimum Gasteiger partial charge on any atom is -0.357 e. The summed E-state index contributed by atoms with van der Waals surface area (Å²) >= 11 is 0. The fourth-order valence-electron chi connectivity index (χ4n) is 2.49. The molecule has 0 spiro atoms. The molecule has 3 heteroatoms. The van der Waals surface area contributed by atoms with E-state index in [2.05, 4.69) is 29.2 Å². The van der Waals surface area contributed by atoms with Gasteiger partial charge in [0.1, 0.15) is 5.82 Å². The van der Waals surface area contributed by atoms with Gasteiger partial charge in [0.05, 0.1) is 5.52 Å². The molecule has 2 aromatic rings. The van der Waals surface area contributed by atoms with Gasteiger partial charge in [0, 0.05) is 25.0 Å². The van der Waals surface area contributed by atoms with Crippen LogP contribution in [0.3, 0.4) is 0 Å². The fourth-order valence-corrected chi connectivity index (χ4v) is 2.49. The number of hydrogen-bond acceptors (Lipinski definition) is 3. The van der Waals surface area contributed by atoms with Gasteiger partial charge in [0.2, 0.25) is 0 Å². The number of fused-ring (bicyclic) bond motifs is 1. The fraction of sp³-hybridized carbons (Fsp3) is 0.357. The predicted octanol–water partition coefficient (Wildman–Crippen LogP) is 2.29. The molecule has 1 fully saturated rings. The van der Waals surface area contributed by atoms with Crippen molar-refractivity contribution in [2.24, 2.45) is 5.73 Å². The van der Waals surface area contributed by atoms with Crippen molar-refractivity contribution in [1.82, 2.24) is 4.98 Å². The Balaban J connectivity index is 2.10. The summed E-state index contributed by atoms with van der Waals surface area (Å²) in [7, 11) is 0. The van der Waals surface area contributed by atoms with Crippen molar-refractivity contribution in [3.05, 3.63) is 35.9 Å². The summed E-state index contributed by atoms with van der Waals surface area (Å²) in [5.41, 5.74) is 7.95. The smallest absolute Gasteiger partial charge is 0.129 e. The van der Waals surface area contributed by atoms with Crippen molar-refractivity contribution < 1.29 is 0 Å². The van der Waals surface area contributed by atoms with Gasteiger partial charge in [-0.3, -0.25) is 0 Å². The predicted molar refractivity (Wildman–Crippen MR) is 71.1 cm³/mol. The topological polar surface area (TPSA) is 42.1 Å². The van der Waals surface area contributed by atoms with Crippen molar-refractivity contribution in [3.63, 3.8) is 0 Å². The number of anilines is 1. The van der Waals surface area contributed by atoms with Crippen LogP contribution in [-0.4, -0.2) is 18.1 Å². The Morgan fingerprint density at radius 1 is 1.12 bits per heavy atom. The van der Waals surface area contributed by atoms with Gasteiger partial charge in [-0.2, -0.15) is 0 Å². The summed E-state index contributed by atoms with van der Waals surface area (Å²) in [6.07, 6.45) is 2.55. The van der Waals surface area contributed by atoms with Crippen molar-refractivity contribution in [2.75, 3.05) is 18.0 Å². The van der Waals surface area contributed by atoms with Crippen LogP contribution < -0.4 is 10.6 Å². The quantitative estimate of drug-likeness (QED) is 0.856. The molecule has 0 amide bonds. The van der Waals surface area contributed by atoms with E-state index >= 15 is 0 Å². The lowest BCUT2D eigenvalue weighted by Crippen LogP contribution is -2.18. The largest absolute Gasteiger partial charge is 0.357 e. The number of nitrogens with zero attached hydrogens (tertiary/aromatic N) is 2. The lowest BCUT2D eigenvalue weighted by atomic mass is 10.1. The third-order valence-corrected chi connectivity index (χ3v) is 3.44. The molecule has 1 saturated heterocycles. The van der Waals surface area contributed by atoms with Crippen LogP contribution in [0.4, 0.5) is 5.82 Å². The number of rotatable bonds is 2. The van der Waals surface area contributed by atoms with Crippen LogP contribution in [0, 0.1) is 0 Å². The van der Waals surface area contributed by atoms with Gasteiger partial charge in [-0.05, 0) is 30.5 Å². The Kier molecular flexibility index (Phi) is 2.69. The first kappa shape index (κ1) is 10.5. The molecule has 1 aromatic carbocycles. The Morgan fingerprint density at radius 3 is 2.71 bits per heavy atom. The molecule has 0 unspecified atom stereocenters.